The first kappa shape index (κ1) is 13.8. The molecule has 17 heavy (non-hydrogen) atoms. The van der Waals surface area contributed by atoms with Gasteiger partial charge in [-0.15, -0.1) is 0 Å². The molecule has 0 atom stereocenters. The highest BCUT2D eigenvalue weighted by Crippen LogP contribution is 2.20. The van der Waals surface area contributed by atoms with E-state index in [9.17, 15) is 4.79 Å². The molecule has 0 aliphatic heterocycles. The van der Waals surface area contributed by atoms with Crippen LogP contribution in [0.1, 0.15) is 20.8 Å². The summed E-state index contributed by atoms with van der Waals surface area (Å²) in [6.07, 6.45) is 1.56. The van der Waals surface area contributed by atoms with Gasteiger partial charge in [0.2, 0.25) is 0 Å². The predicted molar refractivity (Wildman–Crippen MR) is 70.7 cm³/mol. The third kappa shape index (κ3) is 5.04. The summed E-state index contributed by atoms with van der Waals surface area (Å²) in [6.45, 7) is 5.52. The smallest absolute Gasteiger partial charge is 0.325 e. The van der Waals surface area contributed by atoms with E-state index in [2.05, 4.69) is 26.2 Å². The molecular weight excluding hydrogens is 286 g/mol. The summed E-state index contributed by atoms with van der Waals surface area (Å²) in [4.78, 5) is 15.5. The summed E-state index contributed by atoms with van der Waals surface area (Å²) in [6, 6.07) is 1.66. The molecule has 0 bridgehead atoms. The Bertz CT molecular complexity index is 416. The highest BCUT2D eigenvalue weighted by atomic mass is 79.9. The molecule has 1 aromatic heterocycles. The fourth-order valence-corrected chi connectivity index (χ4v) is 1.49. The van der Waals surface area contributed by atoms with Crippen molar-refractivity contribution in [2.75, 3.05) is 17.6 Å². The molecule has 0 radical (unpaired) electrons. The lowest BCUT2D eigenvalue weighted by Crippen LogP contribution is -2.28. The zero-order chi connectivity index (χ0) is 13.1. The van der Waals surface area contributed by atoms with Gasteiger partial charge in [-0.1, -0.05) is 0 Å². The average Bonchev–Trinajstić information content (AvgIpc) is 2.13. The number of nitrogens with two attached hydrogens (primary N) is 1. The lowest BCUT2D eigenvalue weighted by atomic mass is 10.2. The Hall–Kier alpha value is -1.30. The fraction of sp³-hybridized carbons (Fsp3) is 0.455. The molecule has 0 spiro atoms. The van der Waals surface area contributed by atoms with Gasteiger partial charge in [0, 0.05) is 0 Å². The van der Waals surface area contributed by atoms with Crippen molar-refractivity contribution in [3.63, 3.8) is 0 Å². The lowest BCUT2D eigenvalue weighted by Gasteiger charge is -2.19. The van der Waals surface area contributed by atoms with Crippen LogP contribution in [0.3, 0.4) is 0 Å². The zero-order valence-electron chi connectivity index (χ0n) is 10.1. The van der Waals surface area contributed by atoms with E-state index >= 15 is 0 Å². The highest BCUT2D eigenvalue weighted by molar-refractivity contribution is 9.10. The third-order valence-electron chi connectivity index (χ3n) is 1.75. The number of nitrogens with one attached hydrogen (secondary N) is 1. The summed E-state index contributed by atoms with van der Waals surface area (Å²) in [5, 5.41) is 2.88. The van der Waals surface area contributed by atoms with Crippen molar-refractivity contribution in [3.05, 3.63) is 16.9 Å². The van der Waals surface area contributed by atoms with Gasteiger partial charge in [0.05, 0.1) is 17.6 Å². The summed E-state index contributed by atoms with van der Waals surface area (Å²) in [5.41, 5.74) is 6.40. The van der Waals surface area contributed by atoms with E-state index in [0.29, 0.717) is 16.0 Å². The van der Waals surface area contributed by atoms with E-state index in [1.807, 2.05) is 20.8 Å². The van der Waals surface area contributed by atoms with Gasteiger partial charge in [0.25, 0.3) is 0 Å². The summed E-state index contributed by atoms with van der Waals surface area (Å²) < 4.78 is 5.80. The van der Waals surface area contributed by atoms with E-state index in [-0.39, 0.29) is 12.5 Å². The lowest BCUT2D eigenvalue weighted by molar-refractivity contribution is -0.152. The van der Waals surface area contributed by atoms with Crippen molar-refractivity contribution in [1.29, 1.82) is 0 Å². The van der Waals surface area contributed by atoms with E-state index < -0.39 is 5.60 Å². The standard InChI is InChI=1S/C11H16BrN3O2/c1-11(2,3)17-10(16)6-14-8-5-15-9(12)4-7(8)13/h4-5,14H,6H2,1-3H3,(H2,13,15). The number of ether oxygens (including phenoxy) is 1. The quantitative estimate of drug-likeness (QED) is 0.661. The van der Waals surface area contributed by atoms with Crippen LogP contribution in [-0.4, -0.2) is 23.1 Å². The average molecular weight is 302 g/mol. The van der Waals surface area contributed by atoms with Crippen molar-refractivity contribution in [2.24, 2.45) is 0 Å². The Labute approximate surface area is 109 Å². The van der Waals surface area contributed by atoms with Crippen molar-refractivity contribution in [2.45, 2.75) is 26.4 Å². The predicted octanol–water partition coefficient (Wildman–Crippen LogP) is 2.18. The number of carbonyl (C=O) groups excluding carboxylic acids is 1. The summed E-state index contributed by atoms with van der Waals surface area (Å²) >= 11 is 3.21. The van der Waals surface area contributed by atoms with Crippen LogP contribution < -0.4 is 11.1 Å². The number of pyridine rings is 1. The first-order valence-electron chi connectivity index (χ1n) is 5.14. The minimum Gasteiger partial charge on any atom is -0.459 e. The van der Waals surface area contributed by atoms with Crippen LogP contribution in [0.25, 0.3) is 0 Å². The number of carbonyl (C=O) groups is 1. The van der Waals surface area contributed by atoms with Gasteiger partial charge in [0.1, 0.15) is 16.7 Å². The van der Waals surface area contributed by atoms with Gasteiger partial charge in [-0.25, -0.2) is 4.98 Å². The Morgan fingerprint density at radius 1 is 1.59 bits per heavy atom. The van der Waals surface area contributed by atoms with Crippen molar-refractivity contribution >= 4 is 33.3 Å². The Kier molecular flexibility index (Phi) is 4.34. The molecule has 94 valence electrons. The Morgan fingerprint density at radius 2 is 2.24 bits per heavy atom. The number of rotatable bonds is 3. The molecule has 5 nitrogen and oxygen atoms in total. The second kappa shape index (κ2) is 5.35. The van der Waals surface area contributed by atoms with E-state index in [0.717, 1.165) is 0 Å². The topological polar surface area (TPSA) is 77.2 Å². The molecule has 0 aliphatic rings. The molecule has 0 aromatic carbocycles. The molecule has 0 saturated carbocycles. The van der Waals surface area contributed by atoms with Gasteiger partial charge >= 0.3 is 5.97 Å². The molecule has 6 heteroatoms. The van der Waals surface area contributed by atoms with Crippen molar-refractivity contribution in [3.8, 4) is 0 Å². The molecule has 0 fully saturated rings. The van der Waals surface area contributed by atoms with Crippen LogP contribution in [0.15, 0.2) is 16.9 Å². The molecule has 3 N–H and O–H groups in total. The molecule has 0 unspecified atom stereocenters. The minimum atomic E-state index is -0.484. The van der Waals surface area contributed by atoms with Crippen LogP contribution in [0.2, 0.25) is 0 Å². The van der Waals surface area contributed by atoms with Gasteiger partial charge < -0.3 is 15.8 Å². The summed E-state index contributed by atoms with van der Waals surface area (Å²) in [7, 11) is 0. The number of nitrogens with zero attached hydrogens (tertiary/aromatic N) is 1. The molecule has 0 aliphatic carbocycles. The highest BCUT2D eigenvalue weighted by Gasteiger charge is 2.16. The number of esters is 1. The molecular formula is C11H16BrN3O2. The van der Waals surface area contributed by atoms with Crippen LogP contribution in [0, 0.1) is 0 Å². The minimum absolute atomic E-state index is 0.0603. The fourth-order valence-electron chi connectivity index (χ4n) is 1.14. The molecule has 1 rings (SSSR count). The molecule has 0 saturated heterocycles. The number of nitrogen functional groups attached to an aromatic ring is 1. The first-order valence-corrected chi connectivity index (χ1v) is 5.94. The van der Waals surface area contributed by atoms with Gasteiger partial charge in [-0.3, -0.25) is 4.79 Å². The molecule has 0 amide bonds. The maximum absolute atomic E-state index is 11.5. The van der Waals surface area contributed by atoms with Gasteiger partial charge in [-0.05, 0) is 42.8 Å². The van der Waals surface area contributed by atoms with Crippen molar-refractivity contribution in [1.82, 2.24) is 4.98 Å². The van der Waals surface area contributed by atoms with Crippen LogP contribution in [-0.2, 0) is 9.53 Å². The van der Waals surface area contributed by atoms with Crippen LogP contribution in [0.4, 0.5) is 11.4 Å². The number of hydrogen-bond acceptors (Lipinski definition) is 5. The van der Waals surface area contributed by atoms with Gasteiger partial charge in [-0.2, -0.15) is 0 Å². The molecule has 1 heterocycles. The Balaban J connectivity index is 2.53. The third-order valence-corrected chi connectivity index (χ3v) is 2.18. The van der Waals surface area contributed by atoms with Crippen molar-refractivity contribution < 1.29 is 9.53 Å². The number of halogens is 1. The normalized spacial score (nSPS) is 11.1. The number of hydrogen-bond donors (Lipinski definition) is 2. The molecule has 1 aromatic rings. The maximum Gasteiger partial charge on any atom is 0.325 e. The SMILES string of the molecule is CC(C)(C)OC(=O)CNc1cnc(Br)cc1N. The second-order valence-corrected chi connectivity index (χ2v) is 5.35. The largest absolute Gasteiger partial charge is 0.459 e. The summed E-state index contributed by atoms with van der Waals surface area (Å²) in [5.74, 6) is -0.334. The Morgan fingerprint density at radius 3 is 2.76 bits per heavy atom. The van der Waals surface area contributed by atoms with E-state index in [1.165, 1.54) is 0 Å². The van der Waals surface area contributed by atoms with Gasteiger partial charge in [0.15, 0.2) is 0 Å². The first-order chi connectivity index (χ1) is 7.78. The van der Waals surface area contributed by atoms with E-state index in [1.54, 1.807) is 12.3 Å². The second-order valence-electron chi connectivity index (χ2n) is 4.53. The number of aromatic nitrogens is 1. The van der Waals surface area contributed by atoms with Crippen LogP contribution in [0.5, 0.6) is 0 Å². The maximum atomic E-state index is 11.5. The number of anilines is 2. The zero-order valence-corrected chi connectivity index (χ0v) is 11.7. The van der Waals surface area contributed by atoms with E-state index in [4.69, 9.17) is 10.5 Å². The monoisotopic (exact) mass is 301 g/mol. The van der Waals surface area contributed by atoms with Crippen LogP contribution >= 0.6 is 15.9 Å².